The van der Waals surface area contributed by atoms with Gasteiger partial charge in [0.25, 0.3) is 0 Å². The molecule has 166 valence electrons. The van der Waals surface area contributed by atoms with Crippen molar-refractivity contribution in [3.05, 3.63) is 72.3 Å². The fraction of sp³-hybridized carbons (Fsp3) is 0.320. The first kappa shape index (κ1) is 21.7. The largest absolute Gasteiger partial charge is 0.333 e. The van der Waals surface area contributed by atoms with E-state index in [1.807, 2.05) is 34.9 Å². The number of nitrogens with one attached hydrogen (secondary N) is 1. The lowest BCUT2D eigenvalue weighted by atomic mass is 10.1. The molecule has 1 aromatic heterocycles. The fourth-order valence-corrected chi connectivity index (χ4v) is 3.96. The van der Waals surface area contributed by atoms with Gasteiger partial charge in [-0.2, -0.15) is 0 Å². The van der Waals surface area contributed by atoms with Crippen molar-refractivity contribution in [2.45, 2.75) is 38.6 Å². The van der Waals surface area contributed by atoms with Gasteiger partial charge in [0.2, 0.25) is 11.8 Å². The molecule has 1 aliphatic rings. The highest BCUT2D eigenvalue weighted by Crippen LogP contribution is 2.28. The van der Waals surface area contributed by atoms with Crippen molar-refractivity contribution < 1.29 is 14.0 Å². The zero-order chi connectivity index (χ0) is 22.3. The van der Waals surface area contributed by atoms with Crippen LogP contribution in [0.4, 0.5) is 10.2 Å². The smallest absolute Gasteiger partial charge is 0.245 e. The summed E-state index contributed by atoms with van der Waals surface area (Å²) in [7, 11) is 0. The van der Waals surface area contributed by atoms with Crippen LogP contribution < -0.4 is 5.32 Å². The molecule has 2 amide bonds. The predicted molar refractivity (Wildman–Crippen MR) is 121 cm³/mol. The van der Waals surface area contributed by atoms with Crippen LogP contribution in [0.15, 0.2) is 60.9 Å². The van der Waals surface area contributed by atoms with Gasteiger partial charge in [0.15, 0.2) is 0 Å². The second-order valence-corrected chi connectivity index (χ2v) is 8.09. The minimum absolute atomic E-state index is 0.0121. The summed E-state index contributed by atoms with van der Waals surface area (Å²) >= 11 is 0. The number of nitrogens with zero attached hydrogens (tertiary/aromatic N) is 3. The molecule has 2 aromatic carbocycles. The lowest BCUT2D eigenvalue weighted by Crippen LogP contribution is -2.39. The Hall–Kier alpha value is -3.48. The number of benzene rings is 2. The van der Waals surface area contributed by atoms with Gasteiger partial charge >= 0.3 is 0 Å². The number of aromatic nitrogens is 2. The molecule has 0 atom stereocenters. The van der Waals surface area contributed by atoms with Crippen LogP contribution >= 0.6 is 0 Å². The number of hydrogen-bond acceptors (Lipinski definition) is 3. The van der Waals surface area contributed by atoms with E-state index in [2.05, 4.69) is 10.3 Å². The van der Waals surface area contributed by atoms with Gasteiger partial charge in [-0.15, -0.1) is 0 Å². The third-order valence-electron chi connectivity index (χ3n) is 5.66. The highest BCUT2D eigenvalue weighted by Gasteiger charge is 2.21. The molecule has 0 radical (unpaired) electrons. The molecule has 1 aliphatic heterocycles. The van der Waals surface area contributed by atoms with Crippen LogP contribution in [0.1, 0.15) is 37.7 Å². The lowest BCUT2D eigenvalue weighted by Gasteiger charge is -2.24. The van der Waals surface area contributed by atoms with Gasteiger partial charge in [-0.25, -0.2) is 9.37 Å². The Labute approximate surface area is 187 Å². The molecule has 0 bridgehead atoms. The number of imidazole rings is 1. The monoisotopic (exact) mass is 434 g/mol. The average Bonchev–Trinajstić information content (AvgIpc) is 3.16. The summed E-state index contributed by atoms with van der Waals surface area (Å²) in [6.45, 7) is 1.13. The summed E-state index contributed by atoms with van der Waals surface area (Å²) in [6, 6.07) is 15.9. The van der Waals surface area contributed by atoms with E-state index in [1.54, 1.807) is 23.4 Å². The Bertz CT molecular complexity index is 1060. The van der Waals surface area contributed by atoms with Crippen LogP contribution in [0.5, 0.6) is 0 Å². The molecule has 0 spiro atoms. The van der Waals surface area contributed by atoms with E-state index >= 15 is 0 Å². The fourth-order valence-electron chi connectivity index (χ4n) is 3.96. The number of hydrogen-bond donors (Lipinski definition) is 1. The summed E-state index contributed by atoms with van der Waals surface area (Å²) in [6.07, 6.45) is 6.07. The summed E-state index contributed by atoms with van der Waals surface area (Å²) in [5.74, 6) is -0.0444. The van der Waals surface area contributed by atoms with Crippen LogP contribution in [-0.2, 0) is 16.1 Å². The predicted octanol–water partition coefficient (Wildman–Crippen LogP) is 4.47. The molecule has 0 unspecified atom stereocenters. The Balaban J connectivity index is 1.58. The number of rotatable bonds is 6. The zero-order valence-electron chi connectivity index (χ0n) is 18.0. The van der Waals surface area contributed by atoms with Crippen molar-refractivity contribution in [2.75, 3.05) is 18.4 Å². The Morgan fingerprint density at radius 2 is 1.75 bits per heavy atom. The molecule has 1 N–H and O–H groups in total. The van der Waals surface area contributed by atoms with Crippen molar-refractivity contribution in [1.29, 1.82) is 0 Å². The van der Waals surface area contributed by atoms with Crippen molar-refractivity contribution in [2.24, 2.45) is 0 Å². The van der Waals surface area contributed by atoms with Crippen LogP contribution in [0, 0.1) is 5.82 Å². The quantitative estimate of drug-likeness (QED) is 0.623. The summed E-state index contributed by atoms with van der Waals surface area (Å²) in [5, 5.41) is 2.97. The first-order valence-electron chi connectivity index (χ1n) is 11.0. The maximum absolute atomic E-state index is 13.4. The van der Waals surface area contributed by atoms with Gasteiger partial charge in [-0.3, -0.25) is 9.59 Å². The van der Waals surface area contributed by atoms with Gasteiger partial charge in [0.1, 0.15) is 17.3 Å². The van der Waals surface area contributed by atoms with Gasteiger partial charge in [0, 0.05) is 18.5 Å². The number of carbonyl (C=O) groups is 2. The van der Waals surface area contributed by atoms with Crippen LogP contribution in [-0.4, -0.2) is 39.4 Å². The number of likely N-dealkylation sites (tertiary alicyclic amines) is 1. The van der Waals surface area contributed by atoms with E-state index in [0.29, 0.717) is 36.6 Å². The van der Waals surface area contributed by atoms with Crippen LogP contribution in [0.3, 0.4) is 0 Å². The van der Waals surface area contributed by atoms with E-state index in [1.165, 1.54) is 12.1 Å². The van der Waals surface area contributed by atoms with Gasteiger partial charge in [-0.05, 0) is 42.7 Å². The highest BCUT2D eigenvalue weighted by molar-refractivity contribution is 5.96. The molecule has 1 fully saturated rings. The Morgan fingerprint density at radius 3 is 2.53 bits per heavy atom. The standard InChI is InChI=1S/C25H27FN4O2/c26-21-13-11-20(12-14-21)24-25(30(18-27-24)16-19-8-4-3-5-9-19)28-22(31)17-29-15-7-2-1-6-10-23(29)32/h3-5,8-9,11-14,18H,1-2,6-7,10,15-17H2,(H,28,31). The van der Waals surface area contributed by atoms with Gasteiger partial charge in [0.05, 0.1) is 19.4 Å². The van der Waals surface area contributed by atoms with Crippen molar-refractivity contribution in [3.63, 3.8) is 0 Å². The normalized spacial score (nSPS) is 14.7. The maximum Gasteiger partial charge on any atom is 0.245 e. The molecule has 7 heteroatoms. The van der Waals surface area contributed by atoms with E-state index in [4.69, 9.17) is 0 Å². The molecule has 32 heavy (non-hydrogen) atoms. The Kier molecular flexibility index (Phi) is 6.94. The minimum atomic E-state index is -0.335. The van der Waals surface area contributed by atoms with Crippen molar-refractivity contribution >= 4 is 17.6 Å². The lowest BCUT2D eigenvalue weighted by molar-refractivity contribution is -0.135. The van der Waals surface area contributed by atoms with E-state index in [-0.39, 0.29) is 24.2 Å². The molecular weight excluding hydrogens is 407 g/mol. The number of carbonyl (C=O) groups excluding carboxylic acids is 2. The molecule has 0 saturated carbocycles. The summed E-state index contributed by atoms with van der Waals surface area (Å²) in [4.78, 5) is 31.5. The number of halogens is 1. The molecule has 2 heterocycles. The second kappa shape index (κ2) is 10.2. The minimum Gasteiger partial charge on any atom is -0.333 e. The average molecular weight is 435 g/mol. The van der Waals surface area contributed by atoms with Crippen LogP contribution in [0.2, 0.25) is 0 Å². The summed E-state index contributed by atoms with van der Waals surface area (Å²) < 4.78 is 15.3. The van der Waals surface area contributed by atoms with Crippen LogP contribution in [0.25, 0.3) is 11.3 Å². The molecule has 0 aliphatic carbocycles. The van der Waals surface area contributed by atoms with Gasteiger partial charge in [-0.1, -0.05) is 43.2 Å². The van der Waals surface area contributed by atoms with E-state index in [9.17, 15) is 14.0 Å². The van der Waals surface area contributed by atoms with E-state index in [0.717, 1.165) is 31.2 Å². The first-order chi connectivity index (χ1) is 15.6. The zero-order valence-corrected chi connectivity index (χ0v) is 18.0. The summed E-state index contributed by atoms with van der Waals surface area (Å²) in [5.41, 5.74) is 2.33. The molecule has 4 rings (SSSR count). The second-order valence-electron chi connectivity index (χ2n) is 8.09. The van der Waals surface area contributed by atoms with Gasteiger partial charge < -0.3 is 14.8 Å². The first-order valence-corrected chi connectivity index (χ1v) is 11.0. The highest BCUT2D eigenvalue weighted by atomic mass is 19.1. The maximum atomic E-state index is 13.4. The number of amides is 2. The topological polar surface area (TPSA) is 67.2 Å². The number of anilines is 1. The van der Waals surface area contributed by atoms with Crippen molar-refractivity contribution in [3.8, 4) is 11.3 Å². The molecule has 1 saturated heterocycles. The third kappa shape index (κ3) is 5.41. The van der Waals surface area contributed by atoms with E-state index < -0.39 is 0 Å². The molecule has 3 aromatic rings. The third-order valence-corrected chi connectivity index (χ3v) is 5.66. The Morgan fingerprint density at radius 1 is 1.00 bits per heavy atom. The SMILES string of the molecule is O=C(CN1CCCCCCC1=O)Nc1c(-c2ccc(F)cc2)ncn1Cc1ccccc1. The van der Waals surface area contributed by atoms with Crippen molar-refractivity contribution in [1.82, 2.24) is 14.5 Å². The molecule has 6 nitrogen and oxygen atoms in total. The molecular formula is C25H27FN4O2.